The first-order valence-electron chi connectivity index (χ1n) is 6.34. The summed E-state index contributed by atoms with van der Waals surface area (Å²) in [7, 11) is 1.61. The van der Waals surface area contributed by atoms with Gasteiger partial charge < -0.3 is 10.1 Å². The maximum absolute atomic E-state index is 6.13. The van der Waals surface area contributed by atoms with Gasteiger partial charge in [0.2, 0.25) is 0 Å². The molecule has 0 aliphatic heterocycles. The molecule has 0 aliphatic rings. The predicted molar refractivity (Wildman–Crippen MR) is 86.3 cm³/mol. The van der Waals surface area contributed by atoms with Crippen molar-refractivity contribution in [1.82, 2.24) is 0 Å². The number of aryl methyl sites for hydroxylation is 2. The van der Waals surface area contributed by atoms with Crippen LogP contribution in [0, 0.1) is 13.8 Å². The van der Waals surface area contributed by atoms with Gasteiger partial charge in [-0.1, -0.05) is 29.3 Å². The molecule has 4 heteroatoms. The molecule has 0 atom stereocenters. The van der Waals surface area contributed by atoms with Gasteiger partial charge in [-0.05, 0) is 49.2 Å². The van der Waals surface area contributed by atoms with Crippen LogP contribution < -0.4 is 10.1 Å². The molecular weight excluding hydrogens is 293 g/mol. The highest BCUT2D eigenvalue weighted by Crippen LogP contribution is 2.32. The lowest BCUT2D eigenvalue weighted by Gasteiger charge is -2.13. The molecule has 106 valence electrons. The van der Waals surface area contributed by atoms with Gasteiger partial charge in [0.25, 0.3) is 0 Å². The van der Waals surface area contributed by atoms with E-state index in [1.165, 1.54) is 11.1 Å². The fourth-order valence-electron chi connectivity index (χ4n) is 2.02. The Kier molecular flexibility index (Phi) is 4.79. The summed E-state index contributed by atoms with van der Waals surface area (Å²) < 4.78 is 5.33. The molecule has 2 nitrogen and oxygen atoms in total. The van der Waals surface area contributed by atoms with E-state index in [4.69, 9.17) is 27.9 Å². The van der Waals surface area contributed by atoms with E-state index in [9.17, 15) is 0 Å². The molecule has 0 saturated carbocycles. The van der Waals surface area contributed by atoms with E-state index in [1.54, 1.807) is 13.2 Å². The monoisotopic (exact) mass is 309 g/mol. The standard InChI is InChI=1S/C16H17Cl2NO/c1-10-4-5-14(6-11(10)2)19-9-12-7-13(17)8-15(18)16(12)20-3/h4-8,19H,9H2,1-3H3. The smallest absolute Gasteiger partial charge is 0.142 e. The average Bonchev–Trinajstić information content (AvgIpc) is 2.39. The average molecular weight is 310 g/mol. The highest BCUT2D eigenvalue weighted by Gasteiger charge is 2.09. The van der Waals surface area contributed by atoms with Crippen molar-refractivity contribution in [3.8, 4) is 5.75 Å². The Morgan fingerprint density at radius 1 is 1.05 bits per heavy atom. The Bertz CT molecular complexity index is 626. The summed E-state index contributed by atoms with van der Waals surface area (Å²) in [5.74, 6) is 0.660. The fraction of sp³-hybridized carbons (Fsp3) is 0.250. The van der Waals surface area contributed by atoms with Crippen molar-refractivity contribution in [2.24, 2.45) is 0 Å². The van der Waals surface area contributed by atoms with Crippen molar-refractivity contribution in [3.63, 3.8) is 0 Å². The molecule has 2 rings (SSSR count). The molecule has 0 fully saturated rings. The molecule has 0 aromatic heterocycles. The van der Waals surface area contributed by atoms with Crippen LogP contribution in [0.4, 0.5) is 5.69 Å². The van der Waals surface area contributed by atoms with Crippen LogP contribution in [-0.2, 0) is 6.54 Å². The summed E-state index contributed by atoms with van der Waals surface area (Å²) in [4.78, 5) is 0. The largest absolute Gasteiger partial charge is 0.495 e. The first-order chi connectivity index (χ1) is 9.51. The fourth-order valence-corrected chi connectivity index (χ4v) is 2.63. The number of nitrogens with one attached hydrogen (secondary N) is 1. The van der Waals surface area contributed by atoms with Crippen LogP contribution in [0.1, 0.15) is 16.7 Å². The molecule has 0 aliphatic carbocycles. The maximum atomic E-state index is 6.13. The van der Waals surface area contributed by atoms with Gasteiger partial charge in [-0.2, -0.15) is 0 Å². The van der Waals surface area contributed by atoms with E-state index in [0.29, 0.717) is 22.3 Å². The van der Waals surface area contributed by atoms with Crippen LogP contribution in [0.3, 0.4) is 0 Å². The quantitative estimate of drug-likeness (QED) is 0.835. The van der Waals surface area contributed by atoms with Crippen molar-refractivity contribution in [1.29, 1.82) is 0 Å². The second kappa shape index (κ2) is 6.38. The van der Waals surface area contributed by atoms with E-state index in [2.05, 4.69) is 37.4 Å². The van der Waals surface area contributed by atoms with Gasteiger partial charge in [0.1, 0.15) is 5.75 Å². The maximum Gasteiger partial charge on any atom is 0.142 e. The van der Waals surface area contributed by atoms with Gasteiger partial charge >= 0.3 is 0 Å². The minimum absolute atomic E-state index is 0.525. The van der Waals surface area contributed by atoms with Crippen LogP contribution in [0.2, 0.25) is 10.0 Å². The first-order valence-corrected chi connectivity index (χ1v) is 7.10. The molecule has 2 aromatic rings. The van der Waals surface area contributed by atoms with Gasteiger partial charge in [-0.15, -0.1) is 0 Å². The van der Waals surface area contributed by atoms with Crippen molar-refractivity contribution < 1.29 is 4.74 Å². The molecule has 2 aromatic carbocycles. The summed E-state index contributed by atoms with van der Waals surface area (Å²) in [6, 6.07) is 9.82. The first kappa shape index (κ1) is 15.0. The second-order valence-corrected chi connectivity index (χ2v) is 5.58. The zero-order valence-electron chi connectivity index (χ0n) is 11.8. The third-order valence-electron chi connectivity index (χ3n) is 3.28. The summed E-state index contributed by atoms with van der Waals surface area (Å²) in [5.41, 5.74) is 4.53. The minimum Gasteiger partial charge on any atom is -0.495 e. The number of anilines is 1. The Labute approximate surface area is 129 Å². The SMILES string of the molecule is COc1c(Cl)cc(Cl)cc1CNc1ccc(C)c(C)c1. The summed E-state index contributed by atoms with van der Waals surface area (Å²) in [6.07, 6.45) is 0. The molecule has 0 radical (unpaired) electrons. The number of halogens is 2. The predicted octanol–water partition coefficient (Wildman–Crippen LogP) is 5.23. The molecule has 0 spiro atoms. The van der Waals surface area contributed by atoms with Crippen LogP contribution in [-0.4, -0.2) is 7.11 Å². The highest BCUT2D eigenvalue weighted by molar-refractivity contribution is 6.35. The van der Waals surface area contributed by atoms with E-state index in [-0.39, 0.29) is 0 Å². The molecular formula is C16H17Cl2NO. The molecule has 0 saturated heterocycles. The topological polar surface area (TPSA) is 21.3 Å². The van der Waals surface area contributed by atoms with E-state index < -0.39 is 0 Å². The second-order valence-electron chi connectivity index (χ2n) is 4.73. The lowest BCUT2D eigenvalue weighted by atomic mass is 10.1. The lowest BCUT2D eigenvalue weighted by Crippen LogP contribution is -2.02. The van der Waals surface area contributed by atoms with E-state index in [0.717, 1.165) is 11.3 Å². The van der Waals surface area contributed by atoms with E-state index >= 15 is 0 Å². The van der Waals surface area contributed by atoms with Crippen LogP contribution in [0.5, 0.6) is 5.75 Å². The van der Waals surface area contributed by atoms with Crippen LogP contribution in [0.25, 0.3) is 0 Å². The summed E-state index contributed by atoms with van der Waals surface area (Å²) in [5, 5.41) is 4.49. The molecule has 0 bridgehead atoms. The van der Waals surface area contributed by atoms with Gasteiger partial charge in [0, 0.05) is 22.8 Å². The number of benzene rings is 2. The van der Waals surface area contributed by atoms with Crippen LogP contribution >= 0.6 is 23.2 Å². The number of ether oxygens (including phenoxy) is 1. The van der Waals surface area contributed by atoms with Crippen LogP contribution in [0.15, 0.2) is 30.3 Å². The number of methoxy groups -OCH3 is 1. The van der Waals surface area contributed by atoms with Gasteiger partial charge in [0.05, 0.1) is 12.1 Å². The number of rotatable bonds is 4. The van der Waals surface area contributed by atoms with Crippen molar-refractivity contribution in [2.75, 3.05) is 12.4 Å². The van der Waals surface area contributed by atoms with Crippen molar-refractivity contribution >= 4 is 28.9 Å². The minimum atomic E-state index is 0.525. The lowest BCUT2D eigenvalue weighted by molar-refractivity contribution is 0.410. The molecule has 1 N–H and O–H groups in total. The number of hydrogen-bond acceptors (Lipinski definition) is 2. The Hall–Kier alpha value is -1.38. The third-order valence-corrected chi connectivity index (χ3v) is 3.78. The van der Waals surface area contributed by atoms with E-state index in [1.807, 2.05) is 6.07 Å². The number of hydrogen-bond donors (Lipinski definition) is 1. The van der Waals surface area contributed by atoms with Gasteiger partial charge in [0.15, 0.2) is 0 Å². The zero-order chi connectivity index (χ0) is 14.7. The molecule has 0 heterocycles. The van der Waals surface area contributed by atoms with Gasteiger partial charge in [-0.25, -0.2) is 0 Å². The molecule has 0 unspecified atom stereocenters. The third kappa shape index (κ3) is 3.38. The Morgan fingerprint density at radius 3 is 2.45 bits per heavy atom. The zero-order valence-corrected chi connectivity index (χ0v) is 13.3. The highest BCUT2D eigenvalue weighted by atomic mass is 35.5. The normalized spacial score (nSPS) is 10.4. The summed E-state index contributed by atoms with van der Waals surface area (Å²) in [6.45, 7) is 4.79. The Morgan fingerprint density at radius 2 is 1.80 bits per heavy atom. The molecule has 0 amide bonds. The summed E-state index contributed by atoms with van der Waals surface area (Å²) >= 11 is 12.2. The molecule has 20 heavy (non-hydrogen) atoms. The van der Waals surface area contributed by atoms with Gasteiger partial charge in [-0.3, -0.25) is 0 Å². The van der Waals surface area contributed by atoms with Crippen molar-refractivity contribution in [3.05, 3.63) is 57.1 Å². The van der Waals surface area contributed by atoms with Crippen molar-refractivity contribution in [2.45, 2.75) is 20.4 Å². The Balaban J connectivity index is 2.20.